The third-order valence-electron chi connectivity index (χ3n) is 6.27. The fourth-order valence-corrected chi connectivity index (χ4v) is 5.22. The summed E-state index contributed by atoms with van der Waals surface area (Å²) in [5, 5.41) is 11.9. The van der Waals surface area contributed by atoms with Crippen molar-refractivity contribution < 1.29 is 13.2 Å². The summed E-state index contributed by atoms with van der Waals surface area (Å²) in [5.74, 6) is 0.578. The van der Waals surface area contributed by atoms with E-state index >= 15 is 0 Å². The minimum absolute atomic E-state index is 0.0460. The van der Waals surface area contributed by atoms with Crippen molar-refractivity contribution >= 4 is 21.7 Å². The number of sulfone groups is 1. The molecular weight excluding hydrogens is 476 g/mol. The quantitative estimate of drug-likeness (QED) is 0.519. The monoisotopic (exact) mass is 504 g/mol. The summed E-state index contributed by atoms with van der Waals surface area (Å²) in [6, 6.07) is 10.4. The van der Waals surface area contributed by atoms with Crippen LogP contribution in [0.3, 0.4) is 0 Å². The SMILES string of the molecule is CCS(=O)(=O)c1ccc(CNC(=O)c2cnc3c(c2)CCN(c2ncc(C#N)cn2)[C@@H]3C(C)C)cc1. The molecule has 0 saturated carbocycles. The van der Waals surface area contributed by atoms with Crippen molar-refractivity contribution in [3.05, 3.63) is 76.9 Å². The number of hydrogen-bond donors (Lipinski definition) is 1. The van der Waals surface area contributed by atoms with Gasteiger partial charge in [0.2, 0.25) is 5.95 Å². The highest BCUT2D eigenvalue weighted by atomic mass is 32.2. The largest absolute Gasteiger partial charge is 0.348 e. The van der Waals surface area contributed by atoms with Crippen molar-refractivity contribution in [3.8, 4) is 6.07 Å². The first-order valence-electron chi connectivity index (χ1n) is 11.8. The highest BCUT2D eigenvalue weighted by molar-refractivity contribution is 7.91. The lowest BCUT2D eigenvalue weighted by Crippen LogP contribution is -2.40. The Bertz CT molecular complexity index is 1400. The predicted octanol–water partition coefficient (Wildman–Crippen LogP) is 3.23. The maximum atomic E-state index is 12.8. The Morgan fingerprint density at radius 1 is 1.17 bits per heavy atom. The first kappa shape index (κ1) is 25.3. The van der Waals surface area contributed by atoms with E-state index < -0.39 is 9.84 Å². The molecule has 1 aliphatic rings. The summed E-state index contributed by atoms with van der Waals surface area (Å²) >= 11 is 0. The molecule has 0 unspecified atom stereocenters. The number of aromatic nitrogens is 3. The molecule has 0 bridgehead atoms. The Hall–Kier alpha value is -3.84. The fraction of sp³-hybridized carbons (Fsp3) is 0.346. The second-order valence-corrected chi connectivity index (χ2v) is 11.3. The van der Waals surface area contributed by atoms with E-state index in [0.29, 0.717) is 30.0 Å². The lowest BCUT2D eigenvalue weighted by molar-refractivity contribution is 0.0950. The normalized spacial score (nSPS) is 15.3. The molecule has 3 aromatic rings. The number of pyridine rings is 1. The molecule has 9 nitrogen and oxygen atoms in total. The predicted molar refractivity (Wildman–Crippen MR) is 135 cm³/mol. The van der Waals surface area contributed by atoms with Crippen LogP contribution < -0.4 is 10.2 Å². The van der Waals surface area contributed by atoms with E-state index in [1.165, 1.54) is 12.4 Å². The van der Waals surface area contributed by atoms with Crippen LogP contribution in [-0.4, -0.2) is 41.6 Å². The van der Waals surface area contributed by atoms with Crippen LogP contribution in [0.15, 0.2) is 53.8 Å². The average Bonchev–Trinajstić information content (AvgIpc) is 2.90. The van der Waals surface area contributed by atoms with E-state index in [2.05, 4.69) is 39.0 Å². The highest BCUT2D eigenvalue weighted by Gasteiger charge is 2.33. The molecule has 0 saturated heterocycles. The zero-order valence-electron chi connectivity index (χ0n) is 20.5. The minimum atomic E-state index is -3.25. The number of carbonyl (C=O) groups excluding carboxylic acids is 1. The smallest absolute Gasteiger partial charge is 0.253 e. The van der Waals surface area contributed by atoms with Crippen LogP contribution in [0, 0.1) is 17.2 Å². The molecule has 0 spiro atoms. The zero-order valence-corrected chi connectivity index (χ0v) is 21.3. The van der Waals surface area contributed by atoms with Crippen LogP contribution in [0.5, 0.6) is 0 Å². The maximum Gasteiger partial charge on any atom is 0.253 e. The van der Waals surface area contributed by atoms with Gasteiger partial charge < -0.3 is 10.2 Å². The lowest BCUT2D eigenvalue weighted by Gasteiger charge is -2.38. The van der Waals surface area contributed by atoms with Crippen molar-refractivity contribution in [1.82, 2.24) is 20.3 Å². The van der Waals surface area contributed by atoms with Crippen LogP contribution in [-0.2, 0) is 22.8 Å². The maximum absolute atomic E-state index is 12.8. The molecule has 1 aliphatic heterocycles. The van der Waals surface area contributed by atoms with Crippen molar-refractivity contribution in [3.63, 3.8) is 0 Å². The number of nitrogens with zero attached hydrogens (tertiary/aromatic N) is 5. The van der Waals surface area contributed by atoms with Gasteiger partial charge in [-0.3, -0.25) is 9.78 Å². The van der Waals surface area contributed by atoms with Gasteiger partial charge in [0.25, 0.3) is 5.91 Å². The number of carbonyl (C=O) groups is 1. The number of benzene rings is 1. The standard InChI is InChI=1S/C26H28N6O3S/c1-4-36(34,35)22-7-5-18(6-8-22)13-29-25(33)21-11-20-9-10-32(24(17(2)3)23(20)28-16-21)26-30-14-19(12-27)15-31-26/h5-8,11,14-17,24H,4,9-10,13H2,1-3H3,(H,29,33)/t24-/m1/s1. The van der Waals surface area contributed by atoms with Gasteiger partial charge in [0.05, 0.1) is 45.9 Å². The van der Waals surface area contributed by atoms with E-state index in [1.807, 2.05) is 12.1 Å². The van der Waals surface area contributed by atoms with Gasteiger partial charge in [0.15, 0.2) is 9.84 Å². The Balaban J connectivity index is 1.48. The summed E-state index contributed by atoms with van der Waals surface area (Å²) in [5.41, 5.74) is 3.61. The van der Waals surface area contributed by atoms with Crippen LogP contribution >= 0.6 is 0 Å². The lowest BCUT2D eigenvalue weighted by atomic mass is 9.89. The number of nitriles is 1. The summed E-state index contributed by atoms with van der Waals surface area (Å²) in [6.07, 6.45) is 5.31. The molecule has 0 radical (unpaired) electrons. The van der Waals surface area contributed by atoms with Crippen LogP contribution in [0.4, 0.5) is 5.95 Å². The number of fused-ring (bicyclic) bond motifs is 1. The third-order valence-corrected chi connectivity index (χ3v) is 8.02. The van der Waals surface area contributed by atoms with Gasteiger partial charge in [-0.1, -0.05) is 32.9 Å². The number of hydrogen-bond acceptors (Lipinski definition) is 8. The molecule has 1 aromatic carbocycles. The van der Waals surface area contributed by atoms with Crippen LogP contribution in [0.25, 0.3) is 0 Å². The van der Waals surface area contributed by atoms with Crippen LogP contribution in [0.1, 0.15) is 59.6 Å². The fourth-order valence-electron chi connectivity index (χ4n) is 4.33. The second kappa shape index (κ2) is 10.4. The summed E-state index contributed by atoms with van der Waals surface area (Å²) < 4.78 is 23.9. The van der Waals surface area contributed by atoms with Crippen molar-refractivity contribution in [2.24, 2.45) is 5.92 Å². The molecule has 1 atom stereocenters. The van der Waals surface area contributed by atoms with Gasteiger partial charge in [-0.15, -0.1) is 0 Å². The van der Waals surface area contributed by atoms with Gasteiger partial charge in [-0.25, -0.2) is 18.4 Å². The molecule has 1 amide bonds. The Kier molecular flexibility index (Phi) is 7.31. The summed E-state index contributed by atoms with van der Waals surface area (Å²) in [4.78, 5) is 28.6. The molecular formula is C26H28N6O3S. The van der Waals surface area contributed by atoms with E-state index in [4.69, 9.17) is 5.26 Å². The van der Waals surface area contributed by atoms with E-state index in [9.17, 15) is 13.2 Å². The van der Waals surface area contributed by atoms with Crippen molar-refractivity contribution in [2.75, 3.05) is 17.2 Å². The molecule has 1 N–H and O–H groups in total. The number of rotatable bonds is 7. The van der Waals surface area contributed by atoms with Gasteiger partial charge >= 0.3 is 0 Å². The average molecular weight is 505 g/mol. The molecule has 2 aromatic heterocycles. The molecule has 36 heavy (non-hydrogen) atoms. The first-order valence-corrected chi connectivity index (χ1v) is 13.5. The van der Waals surface area contributed by atoms with Crippen molar-refractivity contribution in [1.29, 1.82) is 5.26 Å². The third kappa shape index (κ3) is 5.21. The van der Waals surface area contributed by atoms with E-state index in [-0.39, 0.29) is 35.1 Å². The summed E-state index contributed by atoms with van der Waals surface area (Å²) in [6.45, 7) is 6.77. The number of amides is 1. The number of nitrogens with one attached hydrogen (secondary N) is 1. The van der Waals surface area contributed by atoms with Gasteiger partial charge in [-0.2, -0.15) is 5.26 Å². The Morgan fingerprint density at radius 2 is 1.86 bits per heavy atom. The minimum Gasteiger partial charge on any atom is -0.348 e. The second-order valence-electron chi connectivity index (χ2n) is 9.01. The van der Waals surface area contributed by atoms with E-state index in [1.54, 1.807) is 37.4 Å². The highest BCUT2D eigenvalue weighted by Crippen LogP contribution is 2.36. The topological polar surface area (TPSA) is 129 Å². The zero-order chi connectivity index (χ0) is 25.9. The van der Waals surface area contributed by atoms with Gasteiger partial charge in [-0.05, 0) is 41.7 Å². The molecule has 186 valence electrons. The van der Waals surface area contributed by atoms with Crippen LogP contribution in [0.2, 0.25) is 0 Å². The Labute approximate surface area is 211 Å². The van der Waals surface area contributed by atoms with Gasteiger partial charge in [0.1, 0.15) is 6.07 Å². The van der Waals surface area contributed by atoms with Crippen molar-refractivity contribution in [2.45, 2.75) is 44.7 Å². The van der Waals surface area contributed by atoms with Gasteiger partial charge in [0, 0.05) is 19.3 Å². The summed E-state index contributed by atoms with van der Waals surface area (Å²) in [7, 11) is -3.25. The van der Waals surface area contributed by atoms with E-state index in [0.717, 1.165) is 16.8 Å². The molecule has 0 aliphatic carbocycles. The number of anilines is 1. The molecule has 4 rings (SSSR count). The molecule has 0 fully saturated rings. The Morgan fingerprint density at radius 3 is 2.47 bits per heavy atom. The first-order chi connectivity index (χ1) is 17.2. The molecule has 3 heterocycles. The molecule has 10 heteroatoms.